The van der Waals surface area contributed by atoms with Gasteiger partial charge in [0.05, 0.1) is 18.6 Å². The molecule has 1 amide bonds. The summed E-state index contributed by atoms with van der Waals surface area (Å²) in [6, 6.07) is 9.73. The summed E-state index contributed by atoms with van der Waals surface area (Å²) in [7, 11) is 0. The number of carboxylic acid groups (broad SMARTS) is 1. The van der Waals surface area contributed by atoms with Crippen molar-refractivity contribution in [3.63, 3.8) is 0 Å². The summed E-state index contributed by atoms with van der Waals surface area (Å²) in [6.07, 6.45) is 0.288. The summed E-state index contributed by atoms with van der Waals surface area (Å²) >= 11 is 0. The van der Waals surface area contributed by atoms with Crippen LogP contribution in [0.15, 0.2) is 30.3 Å². The molecule has 1 atom stereocenters. The van der Waals surface area contributed by atoms with Gasteiger partial charge in [-0.15, -0.1) is 0 Å². The van der Waals surface area contributed by atoms with Crippen molar-refractivity contribution in [2.75, 3.05) is 32.9 Å². The molecule has 2 aliphatic rings. The highest BCUT2D eigenvalue weighted by atomic mass is 16.5. The van der Waals surface area contributed by atoms with E-state index in [-0.39, 0.29) is 19.1 Å². The largest absolute Gasteiger partial charge is 0.479 e. The zero-order chi connectivity index (χ0) is 16.3. The highest BCUT2D eigenvalue weighted by Crippen LogP contribution is 2.37. The van der Waals surface area contributed by atoms with Crippen LogP contribution in [0.2, 0.25) is 0 Å². The Hall–Kier alpha value is -1.92. The van der Waals surface area contributed by atoms with Gasteiger partial charge < -0.3 is 19.5 Å². The van der Waals surface area contributed by atoms with Crippen molar-refractivity contribution in [3.8, 4) is 0 Å². The average molecular weight is 319 g/mol. The molecule has 1 N–H and O–H groups in total. The van der Waals surface area contributed by atoms with Crippen molar-refractivity contribution in [3.05, 3.63) is 35.9 Å². The lowest BCUT2D eigenvalue weighted by molar-refractivity contribution is -0.162. The Labute approximate surface area is 135 Å². The molecule has 2 fully saturated rings. The molecule has 0 radical (unpaired) electrons. The van der Waals surface area contributed by atoms with Crippen LogP contribution in [-0.2, 0) is 24.5 Å². The number of ether oxygens (including phenoxy) is 2. The maximum Gasteiger partial charge on any atom is 0.334 e. The van der Waals surface area contributed by atoms with E-state index in [1.54, 1.807) is 4.90 Å². The quantitative estimate of drug-likeness (QED) is 0.901. The lowest BCUT2D eigenvalue weighted by atomic mass is 9.73. The molecular weight excluding hydrogens is 298 g/mol. The summed E-state index contributed by atoms with van der Waals surface area (Å²) in [5.41, 5.74) is 0.353. The van der Waals surface area contributed by atoms with Gasteiger partial charge in [0.15, 0.2) is 6.10 Å². The van der Waals surface area contributed by atoms with Gasteiger partial charge in [-0.3, -0.25) is 4.79 Å². The minimum absolute atomic E-state index is 0.0125. The first-order valence-electron chi connectivity index (χ1n) is 7.90. The zero-order valence-electron chi connectivity index (χ0n) is 12.9. The maximum atomic E-state index is 13.3. The molecule has 3 rings (SSSR count). The fourth-order valence-electron chi connectivity index (χ4n) is 3.39. The van der Waals surface area contributed by atoms with Crippen molar-refractivity contribution in [1.29, 1.82) is 0 Å². The fraction of sp³-hybridized carbons (Fsp3) is 0.529. The molecule has 1 aromatic carbocycles. The highest BCUT2D eigenvalue weighted by molar-refractivity contribution is 5.89. The third-order valence-electron chi connectivity index (χ3n) is 4.71. The van der Waals surface area contributed by atoms with E-state index in [0.717, 1.165) is 5.56 Å². The number of carboxylic acids is 1. The number of aliphatic carboxylic acids is 1. The molecule has 2 aliphatic heterocycles. The summed E-state index contributed by atoms with van der Waals surface area (Å²) in [4.78, 5) is 26.1. The number of rotatable bonds is 3. The minimum Gasteiger partial charge on any atom is -0.479 e. The first kappa shape index (κ1) is 16.0. The van der Waals surface area contributed by atoms with Crippen LogP contribution in [0.4, 0.5) is 0 Å². The number of benzene rings is 1. The molecule has 0 bridgehead atoms. The molecule has 0 unspecified atom stereocenters. The predicted octanol–water partition coefficient (Wildman–Crippen LogP) is 1.05. The van der Waals surface area contributed by atoms with E-state index in [1.165, 1.54) is 0 Å². The van der Waals surface area contributed by atoms with Gasteiger partial charge in [-0.25, -0.2) is 4.79 Å². The number of hydrogen-bond donors (Lipinski definition) is 1. The average Bonchev–Trinajstić information content (AvgIpc) is 2.62. The standard InChI is InChI=1S/C17H21NO5/c19-15(20)14-12-18(8-11-23-14)16(21)17(6-9-22-10-7-17)13-4-2-1-3-5-13/h1-5,14H,6-12H2,(H,19,20)/t14-/m0/s1. The Bertz CT molecular complexity index is 568. The van der Waals surface area contributed by atoms with Crippen LogP contribution in [0, 0.1) is 0 Å². The van der Waals surface area contributed by atoms with E-state index >= 15 is 0 Å². The summed E-state index contributed by atoms with van der Waals surface area (Å²) < 4.78 is 10.7. The molecule has 1 aromatic rings. The maximum absolute atomic E-state index is 13.3. The van der Waals surface area contributed by atoms with Crippen molar-refractivity contribution < 1.29 is 24.2 Å². The first-order valence-corrected chi connectivity index (χ1v) is 7.90. The Balaban J connectivity index is 1.88. The predicted molar refractivity (Wildman–Crippen MR) is 82.1 cm³/mol. The summed E-state index contributed by atoms with van der Waals surface area (Å²) in [5.74, 6) is -1.04. The normalized spacial score (nSPS) is 24.2. The van der Waals surface area contributed by atoms with E-state index in [0.29, 0.717) is 32.6 Å². The molecule has 0 aromatic heterocycles. The van der Waals surface area contributed by atoms with Gasteiger partial charge in [-0.05, 0) is 18.4 Å². The van der Waals surface area contributed by atoms with Crippen LogP contribution in [0.25, 0.3) is 0 Å². The van der Waals surface area contributed by atoms with Gasteiger partial charge in [0.25, 0.3) is 0 Å². The zero-order valence-corrected chi connectivity index (χ0v) is 12.9. The van der Waals surface area contributed by atoms with Gasteiger partial charge in [-0.2, -0.15) is 0 Å². The molecule has 0 aliphatic carbocycles. The monoisotopic (exact) mass is 319 g/mol. The molecule has 2 saturated heterocycles. The molecule has 0 spiro atoms. The molecule has 6 nitrogen and oxygen atoms in total. The van der Waals surface area contributed by atoms with Crippen LogP contribution >= 0.6 is 0 Å². The van der Waals surface area contributed by atoms with Gasteiger partial charge >= 0.3 is 5.97 Å². The fourth-order valence-corrected chi connectivity index (χ4v) is 3.39. The smallest absolute Gasteiger partial charge is 0.334 e. The van der Waals surface area contributed by atoms with Gasteiger partial charge in [0.2, 0.25) is 5.91 Å². The third-order valence-corrected chi connectivity index (χ3v) is 4.71. The summed E-state index contributed by atoms with van der Waals surface area (Å²) in [5, 5.41) is 9.15. The van der Waals surface area contributed by atoms with E-state index in [2.05, 4.69) is 0 Å². The lowest BCUT2D eigenvalue weighted by Gasteiger charge is -2.42. The second-order valence-electron chi connectivity index (χ2n) is 6.01. The van der Waals surface area contributed by atoms with Crippen LogP contribution in [0.5, 0.6) is 0 Å². The lowest BCUT2D eigenvalue weighted by Crippen LogP contribution is -2.56. The van der Waals surface area contributed by atoms with Crippen LogP contribution < -0.4 is 0 Å². The van der Waals surface area contributed by atoms with Gasteiger partial charge in [-0.1, -0.05) is 30.3 Å². The second-order valence-corrected chi connectivity index (χ2v) is 6.01. The minimum atomic E-state index is -1.02. The number of hydrogen-bond acceptors (Lipinski definition) is 4. The van der Waals surface area contributed by atoms with E-state index < -0.39 is 17.5 Å². The van der Waals surface area contributed by atoms with Crippen LogP contribution in [-0.4, -0.2) is 60.9 Å². The van der Waals surface area contributed by atoms with E-state index in [1.807, 2.05) is 30.3 Å². The summed E-state index contributed by atoms with van der Waals surface area (Å²) in [6.45, 7) is 1.85. The first-order chi connectivity index (χ1) is 11.1. The van der Waals surface area contributed by atoms with Gasteiger partial charge in [0, 0.05) is 19.8 Å². The van der Waals surface area contributed by atoms with Crippen molar-refractivity contribution in [2.24, 2.45) is 0 Å². The molecular formula is C17H21NO5. The molecule has 124 valence electrons. The van der Waals surface area contributed by atoms with Gasteiger partial charge in [0.1, 0.15) is 0 Å². The van der Waals surface area contributed by atoms with E-state index in [9.17, 15) is 9.59 Å². The second kappa shape index (κ2) is 6.68. The van der Waals surface area contributed by atoms with Crippen molar-refractivity contribution in [2.45, 2.75) is 24.4 Å². The van der Waals surface area contributed by atoms with E-state index in [4.69, 9.17) is 14.6 Å². The third kappa shape index (κ3) is 3.09. The Morgan fingerprint density at radius 1 is 1.13 bits per heavy atom. The molecule has 6 heteroatoms. The van der Waals surface area contributed by atoms with Crippen molar-refractivity contribution in [1.82, 2.24) is 4.90 Å². The van der Waals surface area contributed by atoms with Crippen LogP contribution in [0.3, 0.4) is 0 Å². The topological polar surface area (TPSA) is 76.1 Å². The van der Waals surface area contributed by atoms with Crippen molar-refractivity contribution >= 4 is 11.9 Å². The molecule has 0 saturated carbocycles. The molecule has 2 heterocycles. The Morgan fingerprint density at radius 2 is 1.83 bits per heavy atom. The number of nitrogens with zero attached hydrogens (tertiary/aromatic N) is 1. The molecule has 23 heavy (non-hydrogen) atoms. The SMILES string of the molecule is O=C(O)[C@@H]1CN(C(=O)C2(c3ccccc3)CCOCC2)CCO1. The van der Waals surface area contributed by atoms with Crippen LogP contribution in [0.1, 0.15) is 18.4 Å². The highest BCUT2D eigenvalue weighted by Gasteiger charge is 2.45. The number of amides is 1. The Kier molecular flexibility index (Phi) is 4.63. The number of carbonyl (C=O) groups is 2. The Morgan fingerprint density at radius 3 is 2.48 bits per heavy atom. The number of carbonyl (C=O) groups excluding carboxylic acids is 1. The number of morpholine rings is 1.